The number of amides is 2. The van der Waals surface area contributed by atoms with Gasteiger partial charge in [-0.05, 0) is 40.5 Å². The highest BCUT2D eigenvalue weighted by atomic mass is 79.9. The molecule has 1 aromatic rings. The fraction of sp³-hybridized carbons (Fsp3) is 0.333. The first-order chi connectivity index (χ1) is 8.90. The van der Waals surface area contributed by atoms with E-state index in [1.165, 1.54) is 0 Å². The van der Waals surface area contributed by atoms with Crippen molar-refractivity contribution in [3.05, 3.63) is 27.7 Å². The van der Waals surface area contributed by atoms with Gasteiger partial charge in [0.05, 0.1) is 10.9 Å². The summed E-state index contributed by atoms with van der Waals surface area (Å²) in [6.07, 6.45) is 0.379. The third-order valence-corrected chi connectivity index (χ3v) is 3.69. The Morgan fingerprint density at radius 2 is 2.16 bits per heavy atom. The van der Waals surface area contributed by atoms with Crippen molar-refractivity contribution in [1.29, 1.82) is 0 Å². The molecular weight excluding hydrogens is 336 g/mol. The summed E-state index contributed by atoms with van der Waals surface area (Å²) in [5.74, 6) is -1.36. The number of hydrogen-bond acceptors (Lipinski definition) is 2. The van der Waals surface area contributed by atoms with Crippen LogP contribution in [0.15, 0.2) is 22.7 Å². The zero-order chi connectivity index (χ0) is 14.4. The molecule has 0 saturated heterocycles. The van der Waals surface area contributed by atoms with Crippen LogP contribution in [-0.2, 0) is 4.79 Å². The lowest BCUT2D eigenvalue weighted by Gasteiger charge is -2.09. The molecule has 0 aromatic heterocycles. The number of carbonyl (C=O) groups is 2. The number of anilines is 1. The monoisotopic (exact) mass is 348 g/mol. The second kappa shape index (κ2) is 7.35. The molecule has 0 aliphatic carbocycles. The summed E-state index contributed by atoms with van der Waals surface area (Å²) in [5, 5.41) is 14.4. The van der Waals surface area contributed by atoms with Crippen LogP contribution in [0.25, 0.3) is 0 Å². The SMILES string of the molecule is CC(CCNC(=O)Nc1ccc(Br)c(Cl)c1)C(=O)O. The number of carboxylic acids is 1. The van der Waals surface area contributed by atoms with E-state index in [4.69, 9.17) is 16.7 Å². The third kappa shape index (κ3) is 5.48. The molecule has 19 heavy (non-hydrogen) atoms. The Morgan fingerprint density at radius 1 is 1.47 bits per heavy atom. The van der Waals surface area contributed by atoms with Gasteiger partial charge < -0.3 is 15.7 Å². The quantitative estimate of drug-likeness (QED) is 0.763. The molecule has 3 N–H and O–H groups in total. The highest BCUT2D eigenvalue weighted by Gasteiger charge is 2.11. The minimum absolute atomic E-state index is 0.295. The molecule has 0 saturated carbocycles. The molecule has 0 spiro atoms. The lowest BCUT2D eigenvalue weighted by Crippen LogP contribution is -2.31. The molecule has 2 amide bonds. The van der Waals surface area contributed by atoms with Gasteiger partial charge in [-0.25, -0.2) is 4.79 Å². The van der Waals surface area contributed by atoms with Crippen LogP contribution in [0.4, 0.5) is 10.5 Å². The van der Waals surface area contributed by atoms with Crippen molar-refractivity contribution in [3.63, 3.8) is 0 Å². The first-order valence-electron chi connectivity index (χ1n) is 5.63. The molecule has 0 heterocycles. The fourth-order valence-corrected chi connectivity index (χ4v) is 1.70. The van der Waals surface area contributed by atoms with Crippen LogP contribution < -0.4 is 10.6 Å². The summed E-state index contributed by atoms with van der Waals surface area (Å²) in [4.78, 5) is 22.1. The van der Waals surface area contributed by atoms with Gasteiger partial charge in [-0.15, -0.1) is 0 Å². The van der Waals surface area contributed by atoms with Crippen molar-refractivity contribution in [2.45, 2.75) is 13.3 Å². The number of benzene rings is 1. The summed E-state index contributed by atoms with van der Waals surface area (Å²) in [7, 11) is 0. The maximum atomic E-state index is 11.5. The Hall–Kier alpha value is -1.27. The maximum absolute atomic E-state index is 11.5. The number of aliphatic carboxylic acids is 1. The maximum Gasteiger partial charge on any atom is 0.319 e. The lowest BCUT2D eigenvalue weighted by atomic mass is 10.1. The second-order valence-electron chi connectivity index (χ2n) is 4.04. The minimum atomic E-state index is -0.873. The molecule has 1 unspecified atom stereocenters. The average Bonchev–Trinajstić information content (AvgIpc) is 2.33. The van der Waals surface area contributed by atoms with Gasteiger partial charge in [-0.2, -0.15) is 0 Å². The zero-order valence-corrected chi connectivity index (χ0v) is 12.6. The van der Waals surface area contributed by atoms with Gasteiger partial charge in [-0.1, -0.05) is 18.5 Å². The van der Waals surface area contributed by atoms with Crippen molar-refractivity contribution in [2.24, 2.45) is 5.92 Å². The topological polar surface area (TPSA) is 78.4 Å². The van der Waals surface area contributed by atoms with Gasteiger partial charge in [0, 0.05) is 16.7 Å². The Morgan fingerprint density at radius 3 is 2.74 bits per heavy atom. The van der Waals surface area contributed by atoms with Crippen molar-refractivity contribution in [2.75, 3.05) is 11.9 Å². The molecule has 1 aromatic carbocycles. The van der Waals surface area contributed by atoms with Crippen molar-refractivity contribution in [1.82, 2.24) is 5.32 Å². The molecule has 0 aliphatic heterocycles. The normalized spacial score (nSPS) is 11.7. The number of rotatable bonds is 5. The number of halogens is 2. The predicted molar refractivity (Wildman–Crippen MR) is 77.6 cm³/mol. The molecule has 1 atom stereocenters. The Kier molecular flexibility index (Phi) is 6.11. The highest BCUT2D eigenvalue weighted by Crippen LogP contribution is 2.25. The van der Waals surface area contributed by atoms with Gasteiger partial charge in [0.2, 0.25) is 0 Å². The van der Waals surface area contributed by atoms with Crippen LogP contribution in [0.1, 0.15) is 13.3 Å². The van der Waals surface area contributed by atoms with Gasteiger partial charge in [-0.3, -0.25) is 4.79 Å². The largest absolute Gasteiger partial charge is 0.481 e. The van der Waals surface area contributed by atoms with E-state index in [0.717, 1.165) is 4.47 Å². The van der Waals surface area contributed by atoms with E-state index in [9.17, 15) is 9.59 Å². The molecule has 0 fully saturated rings. The Bertz CT molecular complexity index is 482. The number of carboxylic acid groups (broad SMARTS) is 1. The van der Waals surface area contributed by atoms with Crippen molar-refractivity contribution >= 4 is 45.2 Å². The minimum Gasteiger partial charge on any atom is -0.481 e. The number of urea groups is 1. The molecule has 104 valence electrons. The van der Waals surface area contributed by atoms with E-state index in [2.05, 4.69) is 26.6 Å². The molecule has 5 nitrogen and oxygen atoms in total. The predicted octanol–water partition coefficient (Wildman–Crippen LogP) is 3.33. The molecule has 0 bridgehead atoms. The van der Waals surface area contributed by atoms with Crippen molar-refractivity contribution < 1.29 is 14.7 Å². The summed E-state index contributed by atoms with van der Waals surface area (Å²) in [6.45, 7) is 1.89. The van der Waals surface area contributed by atoms with E-state index in [1.807, 2.05) is 0 Å². The smallest absolute Gasteiger partial charge is 0.319 e. The van der Waals surface area contributed by atoms with Gasteiger partial charge in [0.25, 0.3) is 0 Å². The van der Waals surface area contributed by atoms with Crippen LogP contribution in [0, 0.1) is 5.92 Å². The lowest BCUT2D eigenvalue weighted by molar-refractivity contribution is -0.141. The van der Waals surface area contributed by atoms with Crippen LogP contribution >= 0.6 is 27.5 Å². The zero-order valence-electron chi connectivity index (χ0n) is 10.2. The van der Waals surface area contributed by atoms with E-state index in [1.54, 1.807) is 25.1 Å². The summed E-state index contributed by atoms with van der Waals surface area (Å²) >= 11 is 9.15. The molecule has 0 aliphatic rings. The summed E-state index contributed by atoms with van der Waals surface area (Å²) in [5.41, 5.74) is 0.567. The van der Waals surface area contributed by atoms with Gasteiger partial charge >= 0.3 is 12.0 Å². The van der Waals surface area contributed by atoms with Crippen LogP contribution in [-0.4, -0.2) is 23.7 Å². The number of nitrogens with one attached hydrogen (secondary N) is 2. The molecule has 0 radical (unpaired) electrons. The highest BCUT2D eigenvalue weighted by molar-refractivity contribution is 9.10. The fourth-order valence-electron chi connectivity index (χ4n) is 1.27. The van der Waals surface area contributed by atoms with Crippen LogP contribution in [0.5, 0.6) is 0 Å². The summed E-state index contributed by atoms with van der Waals surface area (Å²) < 4.78 is 0.746. The standard InChI is InChI=1S/C12H14BrClN2O3/c1-7(11(17)18)4-5-15-12(19)16-8-2-3-9(13)10(14)6-8/h2-3,6-7H,4-5H2,1H3,(H,17,18)(H2,15,16,19). The van der Waals surface area contributed by atoms with Crippen LogP contribution in [0.3, 0.4) is 0 Å². The first kappa shape index (κ1) is 15.8. The Labute approximate surface area is 124 Å². The van der Waals surface area contributed by atoms with Gasteiger partial charge in [0.15, 0.2) is 0 Å². The van der Waals surface area contributed by atoms with E-state index in [-0.39, 0.29) is 0 Å². The van der Waals surface area contributed by atoms with E-state index < -0.39 is 17.9 Å². The van der Waals surface area contributed by atoms with Gasteiger partial charge in [0.1, 0.15) is 0 Å². The first-order valence-corrected chi connectivity index (χ1v) is 6.80. The van der Waals surface area contributed by atoms with Crippen LogP contribution in [0.2, 0.25) is 5.02 Å². The second-order valence-corrected chi connectivity index (χ2v) is 5.30. The Balaban J connectivity index is 2.39. The van der Waals surface area contributed by atoms with E-state index >= 15 is 0 Å². The number of hydrogen-bond donors (Lipinski definition) is 3. The van der Waals surface area contributed by atoms with Crippen molar-refractivity contribution in [3.8, 4) is 0 Å². The molecule has 7 heteroatoms. The molecular formula is C12H14BrClN2O3. The third-order valence-electron chi connectivity index (χ3n) is 2.46. The average molecular weight is 350 g/mol. The van der Waals surface area contributed by atoms with E-state index in [0.29, 0.717) is 23.7 Å². The summed E-state index contributed by atoms with van der Waals surface area (Å²) in [6, 6.07) is 4.65. The number of carbonyl (C=O) groups excluding carboxylic acids is 1. The molecule has 1 rings (SSSR count).